The lowest BCUT2D eigenvalue weighted by Gasteiger charge is -2.25. The van der Waals surface area contributed by atoms with Crippen LogP contribution in [0, 0.1) is 0 Å². The number of nitrogens with zero attached hydrogens (tertiary/aromatic N) is 1. The van der Waals surface area contributed by atoms with Gasteiger partial charge < -0.3 is 29.0 Å². The van der Waals surface area contributed by atoms with E-state index in [9.17, 15) is 13.2 Å². The molecular weight excluding hydrogens is 488 g/mol. The number of carbonyl (C=O) groups is 1. The van der Waals surface area contributed by atoms with Gasteiger partial charge in [-0.15, -0.1) is 0 Å². The van der Waals surface area contributed by atoms with Crippen LogP contribution in [0.4, 0.5) is 11.4 Å². The van der Waals surface area contributed by atoms with Gasteiger partial charge in [0.25, 0.3) is 10.0 Å². The summed E-state index contributed by atoms with van der Waals surface area (Å²) in [5.74, 6) is 1.70. The Balaban J connectivity index is 1.65. The lowest BCUT2D eigenvalue weighted by molar-refractivity contribution is -0.114. The summed E-state index contributed by atoms with van der Waals surface area (Å²) in [5, 5.41) is 2.73. The molecule has 1 aliphatic heterocycles. The molecule has 10 nitrogen and oxygen atoms in total. The first-order valence-corrected chi connectivity index (χ1v) is 12.4. The zero-order valence-electron chi connectivity index (χ0n) is 20.0. The fourth-order valence-electron chi connectivity index (χ4n) is 3.62. The monoisotopic (exact) mass is 514 g/mol. The second-order valence-electron chi connectivity index (χ2n) is 7.63. The topological polar surface area (TPSA) is 113 Å². The molecule has 0 aliphatic carbocycles. The quantitative estimate of drug-likeness (QED) is 0.463. The number of fused-ring (bicyclic) bond motifs is 1. The van der Waals surface area contributed by atoms with Crippen LogP contribution in [0.1, 0.15) is 0 Å². The predicted octanol–water partition coefficient (Wildman–Crippen LogP) is 3.32. The molecule has 36 heavy (non-hydrogen) atoms. The van der Waals surface area contributed by atoms with Gasteiger partial charge in [0.2, 0.25) is 5.91 Å². The van der Waals surface area contributed by atoms with Crippen LogP contribution in [0.5, 0.6) is 28.7 Å². The van der Waals surface area contributed by atoms with Gasteiger partial charge in [-0.2, -0.15) is 0 Å². The largest absolute Gasteiger partial charge is 0.497 e. The van der Waals surface area contributed by atoms with Crippen LogP contribution in [0.25, 0.3) is 0 Å². The molecule has 0 saturated carbocycles. The summed E-state index contributed by atoms with van der Waals surface area (Å²) in [6, 6.07) is 15.6. The first-order chi connectivity index (χ1) is 17.3. The molecule has 0 unspecified atom stereocenters. The first-order valence-electron chi connectivity index (χ1n) is 10.9. The van der Waals surface area contributed by atoms with Crippen molar-refractivity contribution in [3.63, 3.8) is 0 Å². The number of rotatable bonds is 9. The number of hydrogen-bond acceptors (Lipinski definition) is 8. The zero-order valence-corrected chi connectivity index (χ0v) is 20.8. The number of hydrogen-bond donors (Lipinski definition) is 1. The minimum Gasteiger partial charge on any atom is -0.497 e. The SMILES string of the molecule is COc1ccc(N(CC(=O)Nc2ccc3c(c2)OCCO3)S(=O)(=O)c2ccc(OC)c(OC)c2)cc1. The number of benzene rings is 3. The number of amides is 1. The van der Waals surface area contributed by atoms with Crippen molar-refractivity contribution in [3.05, 3.63) is 60.7 Å². The van der Waals surface area contributed by atoms with Crippen molar-refractivity contribution in [2.75, 3.05) is 50.7 Å². The van der Waals surface area contributed by atoms with E-state index in [4.69, 9.17) is 23.7 Å². The number of anilines is 2. The Morgan fingerprint density at radius 2 is 1.56 bits per heavy atom. The molecule has 1 heterocycles. The van der Waals surface area contributed by atoms with Gasteiger partial charge in [0.1, 0.15) is 25.5 Å². The average Bonchev–Trinajstić information content (AvgIpc) is 2.91. The van der Waals surface area contributed by atoms with E-state index in [1.54, 1.807) is 42.5 Å². The predicted molar refractivity (Wildman–Crippen MR) is 133 cm³/mol. The summed E-state index contributed by atoms with van der Waals surface area (Å²) in [6.07, 6.45) is 0. The molecular formula is C25H26N2O8S. The van der Waals surface area contributed by atoms with Crippen molar-refractivity contribution in [1.29, 1.82) is 0 Å². The molecule has 0 radical (unpaired) electrons. The van der Waals surface area contributed by atoms with Crippen LogP contribution in [0.15, 0.2) is 65.6 Å². The third-order valence-corrected chi connectivity index (χ3v) is 7.19. The highest BCUT2D eigenvalue weighted by molar-refractivity contribution is 7.92. The molecule has 3 aromatic carbocycles. The van der Waals surface area contributed by atoms with E-state index in [2.05, 4.69) is 5.32 Å². The van der Waals surface area contributed by atoms with Crippen molar-refractivity contribution in [1.82, 2.24) is 0 Å². The molecule has 1 aliphatic rings. The second kappa shape index (κ2) is 10.6. The third kappa shape index (κ3) is 5.25. The van der Waals surface area contributed by atoms with E-state index in [0.717, 1.165) is 4.31 Å². The molecule has 0 saturated heterocycles. The standard InChI is InChI=1S/C25H26N2O8S/c1-31-19-7-5-18(6-8-19)27(36(29,30)20-9-11-21(32-2)23(15-20)33-3)16-25(28)26-17-4-10-22-24(14-17)35-13-12-34-22/h4-11,14-15H,12-13,16H2,1-3H3,(H,26,28). The lowest BCUT2D eigenvalue weighted by atomic mass is 10.2. The molecule has 190 valence electrons. The molecule has 0 spiro atoms. The van der Waals surface area contributed by atoms with E-state index in [0.29, 0.717) is 41.9 Å². The van der Waals surface area contributed by atoms with E-state index in [-0.39, 0.29) is 16.3 Å². The van der Waals surface area contributed by atoms with E-state index >= 15 is 0 Å². The maximum Gasteiger partial charge on any atom is 0.264 e. The minimum absolute atomic E-state index is 0.0666. The number of carbonyl (C=O) groups excluding carboxylic acids is 1. The van der Waals surface area contributed by atoms with Crippen molar-refractivity contribution in [3.8, 4) is 28.7 Å². The minimum atomic E-state index is -4.18. The van der Waals surface area contributed by atoms with Gasteiger partial charge in [0, 0.05) is 17.8 Å². The van der Waals surface area contributed by atoms with E-state index < -0.39 is 22.5 Å². The normalized spacial score (nSPS) is 12.4. The summed E-state index contributed by atoms with van der Waals surface area (Å²) in [6.45, 7) is 0.361. The molecule has 0 bridgehead atoms. The summed E-state index contributed by atoms with van der Waals surface area (Å²) >= 11 is 0. The highest BCUT2D eigenvalue weighted by Gasteiger charge is 2.28. The zero-order chi connectivity index (χ0) is 25.7. The van der Waals surface area contributed by atoms with Crippen molar-refractivity contribution in [2.45, 2.75) is 4.90 Å². The number of nitrogens with one attached hydrogen (secondary N) is 1. The van der Waals surface area contributed by atoms with Gasteiger partial charge in [-0.1, -0.05) is 0 Å². The Hall–Kier alpha value is -4.12. The van der Waals surface area contributed by atoms with Crippen molar-refractivity contribution < 1.29 is 36.9 Å². The molecule has 0 aromatic heterocycles. The van der Waals surface area contributed by atoms with Gasteiger partial charge in [0.05, 0.1) is 31.9 Å². The lowest BCUT2D eigenvalue weighted by Crippen LogP contribution is -2.38. The Labute approximate surface area is 209 Å². The molecule has 0 fully saturated rings. The number of sulfonamides is 1. The summed E-state index contributed by atoms with van der Waals surface area (Å²) in [4.78, 5) is 13.0. The highest BCUT2D eigenvalue weighted by Crippen LogP contribution is 2.34. The molecule has 4 rings (SSSR count). The van der Waals surface area contributed by atoms with Crippen LogP contribution in [0.2, 0.25) is 0 Å². The van der Waals surface area contributed by atoms with Crippen LogP contribution in [-0.4, -0.2) is 55.4 Å². The van der Waals surface area contributed by atoms with Crippen LogP contribution in [0.3, 0.4) is 0 Å². The summed E-state index contributed by atoms with van der Waals surface area (Å²) in [7, 11) is 0.196. The van der Waals surface area contributed by atoms with E-state index in [1.807, 2.05) is 0 Å². The fourth-order valence-corrected chi connectivity index (χ4v) is 5.06. The van der Waals surface area contributed by atoms with E-state index in [1.165, 1.54) is 39.5 Å². The molecule has 3 aromatic rings. The van der Waals surface area contributed by atoms with Gasteiger partial charge >= 0.3 is 0 Å². The molecule has 1 amide bonds. The van der Waals surface area contributed by atoms with Crippen LogP contribution in [-0.2, 0) is 14.8 Å². The molecule has 0 atom stereocenters. The Morgan fingerprint density at radius 1 is 0.861 bits per heavy atom. The summed E-state index contributed by atoms with van der Waals surface area (Å²) < 4.78 is 55.2. The number of methoxy groups -OCH3 is 3. The Morgan fingerprint density at radius 3 is 2.22 bits per heavy atom. The average molecular weight is 515 g/mol. The van der Waals surface area contributed by atoms with Gasteiger partial charge in [0.15, 0.2) is 23.0 Å². The maximum absolute atomic E-state index is 13.7. The maximum atomic E-state index is 13.7. The summed E-state index contributed by atoms with van der Waals surface area (Å²) in [5.41, 5.74) is 0.727. The third-order valence-electron chi connectivity index (χ3n) is 5.42. The fraction of sp³-hybridized carbons (Fsp3) is 0.240. The van der Waals surface area contributed by atoms with Gasteiger partial charge in [-0.3, -0.25) is 9.10 Å². The second-order valence-corrected chi connectivity index (χ2v) is 9.50. The number of ether oxygens (including phenoxy) is 5. The smallest absolute Gasteiger partial charge is 0.264 e. The van der Waals surface area contributed by atoms with Crippen LogP contribution < -0.4 is 33.3 Å². The van der Waals surface area contributed by atoms with Crippen molar-refractivity contribution in [2.24, 2.45) is 0 Å². The van der Waals surface area contributed by atoms with Gasteiger partial charge in [-0.05, 0) is 48.5 Å². The Bertz CT molecular complexity index is 1340. The molecule has 1 N–H and O–H groups in total. The van der Waals surface area contributed by atoms with Gasteiger partial charge in [-0.25, -0.2) is 8.42 Å². The molecule has 11 heteroatoms. The van der Waals surface area contributed by atoms with Crippen LogP contribution >= 0.6 is 0 Å². The first kappa shape index (κ1) is 25.0. The van der Waals surface area contributed by atoms with Crippen molar-refractivity contribution >= 4 is 27.3 Å². The highest BCUT2D eigenvalue weighted by atomic mass is 32.2. The Kier molecular flexibility index (Phi) is 7.39.